The van der Waals surface area contributed by atoms with Crippen LogP contribution in [0.3, 0.4) is 0 Å². The van der Waals surface area contributed by atoms with Gasteiger partial charge in [0.2, 0.25) is 0 Å². The molecule has 1 saturated heterocycles. The average molecular weight is 230 g/mol. The van der Waals surface area contributed by atoms with Gasteiger partial charge in [0, 0.05) is 36.7 Å². The van der Waals surface area contributed by atoms with E-state index in [9.17, 15) is 0 Å². The van der Waals surface area contributed by atoms with Crippen molar-refractivity contribution in [3.63, 3.8) is 0 Å². The number of hydrogen-bond donors (Lipinski definition) is 1. The largest absolute Gasteiger partial charge is 0.488 e. The predicted molar refractivity (Wildman–Crippen MR) is 69.6 cm³/mol. The Balaban J connectivity index is 1.94. The van der Waals surface area contributed by atoms with Crippen molar-refractivity contribution in [2.45, 2.75) is 19.4 Å². The van der Waals surface area contributed by atoms with E-state index in [-0.39, 0.29) is 0 Å². The Morgan fingerprint density at radius 1 is 1.35 bits per heavy atom. The maximum Gasteiger partial charge on any atom is 0.123 e. The van der Waals surface area contributed by atoms with E-state index < -0.39 is 0 Å². The molecule has 0 amide bonds. The lowest BCUT2D eigenvalue weighted by atomic mass is 10.2. The second kappa shape index (κ2) is 4.08. The van der Waals surface area contributed by atoms with E-state index in [2.05, 4.69) is 48.1 Å². The van der Waals surface area contributed by atoms with Gasteiger partial charge >= 0.3 is 0 Å². The van der Waals surface area contributed by atoms with Crippen LogP contribution in [0, 0.1) is 0 Å². The molecule has 0 atom stereocenters. The predicted octanol–water partition coefficient (Wildman–Crippen LogP) is 2.09. The van der Waals surface area contributed by atoms with E-state index in [1.807, 2.05) is 0 Å². The third-order valence-electron chi connectivity index (χ3n) is 3.52. The second-order valence-corrected chi connectivity index (χ2v) is 4.67. The number of hydrogen-bond acceptors (Lipinski definition) is 2. The number of nitrogens with one attached hydrogen (secondary N) is 1. The summed E-state index contributed by atoms with van der Waals surface area (Å²) in [4.78, 5) is 0. The Kier molecular flexibility index (Phi) is 2.56. The number of nitrogens with zero attached hydrogens (tertiary/aromatic N) is 1. The fraction of sp³-hybridized carbons (Fsp3) is 0.429. The van der Waals surface area contributed by atoms with E-state index in [4.69, 9.17) is 4.74 Å². The van der Waals surface area contributed by atoms with Crippen molar-refractivity contribution in [3.8, 4) is 5.75 Å². The minimum atomic E-state index is 0.349. The minimum absolute atomic E-state index is 0.349. The van der Waals surface area contributed by atoms with Gasteiger partial charge in [0.25, 0.3) is 0 Å². The van der Waals surface area contributed by atoms with E-state index in [0.29, 0.717) is 6.10 Å². The van der Waals surface area contributed by atoms with Gasteiger partial charge in [-0.1, -0.05) is 6.92 Å². The molecule has 3 nitrogen and oxygen atoms in total. The van der Waals surface area contributed by atoms with Crippen LogP contribution in [0.1, 0.15) is 12.6 Å². The van der Waals surface area contributed by atoms with Gasteiger partial charge in [0.1, 0.15) is 11.9 Å². The van der Waals surface area contributed by atoms with Crippen LogP contribution in [0.25, 0.3) is 10.9 Å². The topological polar surface area (TPSA) is 26.2 Å². The van der Waals surface area contributed by atoms with E-state index >= 15 is 0 Å². The molecule has 3 rings (SSSR count). The molecule has 1 aliphatic rings. The van der Waals surface area contributed by atoms with Crippen molar-refractivity contribution in [1.82, 2.24) is 9.88 Å². The number of benzene rings is 1. The second-order valence-electron chi connectivity index (χ2n) is 4.67. The molecule has 0 bridgehead atoms. The SMILES string of the molecule is CCc1cc2cc(OC3CNC3)ccc2n1C. The van der Waals surface area contributed by atoms with Crippen LogP contribution in [-0.4, -0.2) is 23.8 Å². The Hall–Kier alpha value is -1.48. The van der Waals surface area contributed by atoms with Gasteiger partial charge in [-0.05, 0) is 30.7 Å². The maximum atomic E-state index is 5.87. The number of aryl methyl sites for hydroxylation is 2. The Labute approximate surface area is 101 Å². The molecular formula is C14H18N2O. The fourth-order valence-electron chi connectivity index (χ4n) is 2.34. The summed E-state index contributed by atoms with van der Waals surface area (Å²) in [6.45, 7) is 4.12. The van der Waals surface area contributed by atoms with Crippen LogP contribution < -0.4 is 10.1 Å². The first-order valence-electron chi connectivity index (χ1n) is 6.23. The molecule has 3 heteroatoms. The van der Waals surface area contributed by atoms with Crippen molar-refractivity contribution in [1.29, 1.82) is 0 Å². The third-order valence-corrected chi connectivity index (χ3v) is 3.52. The first kappa shape index (κ1) is 10.7. The average Bonchev–Trinajstić information content (AvgIpc) is 2.60. The molecule has 17 heavy (non-hydrogen) atoms. The summed E-state index contributed by atoms with van der Waals surface area (Å²) in [5.41, 5.74) is 2.64. The molecule has 2 heterocycles. The minimum Gasteiger partial charge on any atom is -0.488 e. The third kappa shape index (κ3) is 1.80. The van der Waals surface area contributed by atoms with E-state index in [1.165, 1.54) is 16.6 Å². The normalized spacial score (nSPS) is 16.1. The summed E-state index contributed by atoms with van der Waals surface area (Å²) >= 11 is 0. The van der Waals surface area contributed by atoms with Crippen LogP contribution in [0.2, 0.25) is 0 Å². The number of ether oxygens (including phenoxy) is 1. The van der Waals surface area contributed by atoms with Crippen LogP contribution in [0.4, 0.5) is 0 Å². The summed E-state index contributed by atoms with van der Waals surface area (Å²) in [7, 11) is 2.12. The van der Waals surface area contributed by atoms with Crippen LogP contribution in [0.5, 0.6) is 5.75 Å². The molecule has 1 aromatic heterocycles. The molecule has 0 aliphatic carbocycles. The molecule has 2 aromatic rings. The zero-order valence-corrected chi connectivity index (χ0v) is 10.4. The van der Waals surface area contributed by atoms with Gasteiger partial charge in [0.05, 0.1) is 0 Å². The lowest BCUT2D eigenvalue weighted by Gasteiger charge is -2.27. The van der Waals surface area contributed by atoms with Crippen molar-refractivity contribution in [2.75, 3.05) is 13.1 Å². The molecular weight excluding hydrogens is 212 g/mol. The van der Waals surface area contributed by atoms with E-state index in [0.717, 1.165) is 25.3 Å². The molecule has 1 fully saturated rings. The number of rotatable bonds is 3. The van der Waals surface area contributed by atoms with Crippen molar-refractivity contribution >= 4 is 10.9 Å². The van der Waals surface area contributed by atoms with Gasteiger partial charge in [-0.3, -0.25) is 0 Å². The van der Waals surface area contributed by atoms with Crippen molar-refractivity contribution in [2.24, 2.45) is 7.05 Å². The Morgan fingerprint density at radius 3 is 2.82 bits per heavy atom. The molecule has 0 unspecified atom stereocenters. The van der Waals surface area contributed by atoms with Crippen LogP contribution in [-0.2, 0) is 13.5 Å². The molecule has 1 aliphatic heterocycles. The quantitative estimate of drug-likeness (QED) is 0.874. The molecule has 0 radical (unpaired) electrons. The first-order valence-corrected chi connectivity index (χ1v) is 6.23. The zero-order valence-electron chi connectivity index (χ0n) is 10.4. The fourth-order valence-corrected chi connectivity index (χ4v) is 2.34. The summed E-state index contributed by atoms with van der Waals surface area (Å²) in [6.07, 6.45) is 1.41. The lowest BCUT2D eigenvalue weighted by Crippen LogP contribution is -2.50. The Bertz CT molecular complexity index is 540. The van der Waals surface area contributed by atoms with Gasteiger partial charge in [-0.2, -0.15) is 0 Å². The summed E-state index contributed by atoms with van der Waals surface area (Å²) in [5.74, 6) is 0.984. The highest BCUT2D eigenvalue weighted by atomic mass is 16.5. The molecule has 0 spiro atoms. The van der Waals surface area contributed by atoms with Crippen LogP contribution >= 0.6 is 0 Å². The van der Waals surface area contributed by atoms with Crippen LogP contribution in [0.15, 0.2) is 24.3 Å². The van der Waals surface area contributed by atoms with Gasteiger partial charge in [-0.25, -0.2) is 0 Å². The monoisotopic (exact) mass is 230 g/mol. The zero-order chi connectivity index (χ0) is 11.8. The summed E-state index contributed by atoms with van der Waals surface area (Å²) in [6, 6.07) is 8.62. The number of fused-ring (bicyclic) bond motifs is 1. The maximum absolute atomic E-state index is 5.87. The van der Waals surface area contributed by atoms with Crippen molar-refractivity contribution in [3.05, 3.63) is 30.0 Å². The Morgan fingerprint density at radius 2 is 2.18 bits per heavy atom. The molecule has 90 valence electrons. The summed E-state index contributed by atoms with van der Waals surface area (Å²) in [5, 5.41) is 4.48. The molecule has 1 aromatic carbocycles. The highest BCUT2D eigenvalue weighted by molar-refractivity contribution is 5.82. The smallest absolute Gasteiger partial charge is 0.123 e. The number of aromatic nitrogens is 1. The van der Waals surface area contributed by atoms with E-state index in [1.54, 1.807) is 0 Å². The highest BCUT2D eigenvalue weighted by Gasteiger charge is 2.18. The van der Waals surface area contributed by atoms with Gasteiger partial charge < -0.3 is 14.6 Å². The van der Waals surface area contributed by atoms with Crippen molar-refractivity contribution < 1.29 is 4.74 Å². The standard InChI is InChI=1S/C14H18N2O/c1-3-11-6-10-7-12(17-13-8-15-9-13)4-5-14(10)16(11)2/h4-7,13,15H,3,8-9H2,1-2H3. The summed E-state index contributed by atoms with van der Waals surface area (Å²) < 4.78 is 8.12. The first-order chi connectivity index (χ1) is 8.28. The highest BCUT2D eigenvalue weighted by Crippen LogP contribution is 2.25. The molecule has 0 saturated carbocycles. The van der Waals surface area contributed by atoms with Gasteiger partial charge in [0.15, 0.2) is 0 Å². The lowest BCUT2D eigenvalue weighted by molar-refractivity contribution is 0.142. The van der Waals surface area contributed by atoms with Gasteiger partial charge in [-0.15, -0.1) is 0 Å². The molecule has 1 N–H and O–H groups in total.